The second-order valence-electron chi connectivity index (χ2n) is 4.73. The Morgan fingerprint density at radius 2 is 1.89 bits per heavy atom. The molecule has 4 nitrogen and oxygen atoms in total. The molecule has 0 aromatic heterocycles. The number of nitrogens with two attached hydrogens (primary N) is 2. The Kier molecular flexibility index (Phi) is 6.22. The maximum Gasteiger partial charge on any atom is 0.185 e. The first-order valence-electron chi connectivity index (χ1n) is 6.44. The highest BCUT2D eigenvalue weighted by atomic mass is 15.0. The fourth-order valence-electron chi connectivity index (χ4n) is 1.67. The Bertz CT molecular complexity index is 364. The zero-order chi connectivity index (χ0) is 13.4. The Labute approximate surface area is 109 Å². The topological polar surface area (TPSA) is 76.4 Å². The maximum atomic E-state index is 5.24. The van der Waals surface area contributed by atoms with Gasteiger partial charge in [0.2, 0.25) is 0 Å². The summed E-state index contributed by atoms with van der Waals surface area (Å²) in [5.74, 6) is 0.755. The first-order valence-corrected chi connectivity index (χ1v) is 6.44. The normalized spacial score (nSPS) is 10.6. The van der Waals surface area contributed by atoms with E-state index in [4.69, 9.17) is 11.5 Å². The van der Waals surface area contributed by atoms with Crippen LogP contribution in [0.5, 0.6) is 0 Å². The molecule has 5 N–H and O–H groups in total. The van der Waals surface area contributed by atoms with E-state index in [2.05, 4.69) is 48.4 Å². The van der Waals surface area contributed by atoms with Gasteiger partial charge in [-0.1, -0.05) is 38.1 Å². The second kappa shape index (κ2) is 7.71. The Hall–Kier alpha value is -1.55. The lowest BCUT2D eigenvalue weighted by atomic mass is 10.0. The molecule has 0 heterocycles. The molecule has 0 aliphatic rings. The minimum Gasteiger partial charge on any atom is -0.370 e. The summed E-state index contributed by atoms with van der Waals surface area (Å²) in [4.78, 5) is 3.93. The van der Waals surface area contributed by atoms with Crippen molar-refractivity contribution in [3.63, 3.8) is 0 Å². The van der Waals surface area contributed by atoms with Gasteiger partial charge in [-0.05, 0) is 30.0 Å². The summed E-state index contributed by atoms with van der Waals surface area (Å²) in [5.41, 5.74) is 13.2. The average molecular weight is 248 g/mol. The first kappa shape index (κ1) is 14.5. The number of nitrogens with one attached hydrogen (secondary N) is 1. The van der Waals surface area contributed by atoms with E-state index in [9.17, 15) is 0 Å². The molecular formula is C14H24N4. The first-order chi connectivity index (χ1) is 8.59. The van der Waals surface area contributed by atoms with Crippen LogP contribution in [0.1, 0.15) is 37.3 Å². The lowest BCUT2D eigenvalue weighted by molar-refractivity contribution is 0.655. The van der Waals surface area contributed by atoms with Crippen molar-refractivity contribution >= 4 is 5.96 Å². The third kappa shape index (κ3) is 5.68. The number of hydrogen-bond acceptors (Lipinski definition) is 2. The molecule has 18 heavy (non-hydrogen) atoms. The van der Waals surface area contributed by atoms with Crippen LogP contribution in [0.25, 0.3) is 0 Å². The van der Waals surface area contributed by atoms with Gasteiger partial charge < -0.3 is 16.8 Å². The predicted octanol–water partition coefficient (Wildman–Crippen LogP) is 1.56. The predicted molar refractivity (Wildman–Crippen MR) is 77.5 cm³/mol. The molecule has 0 spiro atoms. The summed E-state index contributed by atoms with van der Waals surface area (Å²) in [5, 5.41) is 3.37. The van der Waals surface area contributed by atoms with E-state index < -0.39 is 0 Å². The standard InChI is InChI=1S/C14H24N4/c1-11(2)13-6-4-12(5-7-13)10-17-8-3-9-18-14(15)16/h4-7,11,17H,3,8-10H2,1-2H3,(H4,15,16,18). The number of hydrogen-bond donors (Lipinski definition) is 3. The number of nitrogens with zero attached hydrogens (tertiary/aromatic N) is 1. The van der Waals surface area contributed by atoms with E-state index in [-0.39, 0.29) is 5.96 Å². The van der Waals surface area contributed by atoms with Gasteiger partial charge in [0.15, 0.2) is 5.96 Å². The van der Waals surface area contributed by atoms with Crippen molar-refractivity contribution < 1.29 is 0 Å². The van der Waals surface area contributed by atoms with Crippen molar-refractivity contribution in [1.29, 1.82) is 0 Å². The van der Waals surface area contributed by atoms with E-state index in [1.807, 2.05) is 0 Å². The van der Waals surface area contributed by atoms with Gasteiger partial charge in [-0.2, -0.15) is 0 Å². The molecule has 0 aliphatic carbocycles. The molecule has 0 fully saturated rings. The lowest BCUT2D eigenvalue weighted by Crippen LogP contribution is -2.23. The zero-order valence-corrected chi connectivity index (χ0v) is 11.3. The number of aliphatic imine (C=N–C) groups is 1. The molecule has 0 amide bonds. The van der Waals surface area contributed by atoms with Gasteiger partial charge in [0, 0.05) is 13.1 Å². The van der Waals surface area contributed by atoms with Crippen LogP contribution in [0.3, 0.4) is 0 Å². The van der Waals surface area contributed by atoms with Crippen molar-refractivity contribution in [1.82, 2.24) is 5.32 Å². The molecule has 4 heteroatoms. The molecule has 100 valence electrons. The molecule has 1 rings (SSSR count). The minimum atomic E-state index is 0.166. The second-order valence-corrected chi connectivity index (χ2v) is 4.73. The van der Waals surface area contributed by atoms with Gasteiger partial charge in [0.25, 0.3) is 0 Å². The Balaban J connectivity index is 2.21. The zero-order valence-electron chi connectivity index (χ0n) is 11.3. The Morgan fingerprint density at radius 3 is 2.44 bits per heavy atom. The molecule has 0 unspecified atom stereocenters. The average Bonchev–Trinajstić information content (AvgIpc) is 2.34. The summed E-state index contributed by atoms with van der Waals surface area (Å²) in [6.07, 6.45) is 0.946. The van der Waals surface area contributed by atoms with E-state index in [0.717, 1.165) is 19.5 Å². The molecule has 1 aromatic rings. The van der Waals surface area contributed by atoms with Crippen LogP contribution >= 0.6 is 0 Å². The fraction of sp³-hybridized carbons (Fsp3) is 0.500. The largest absolute Gasteiger partial charge is 0.370 e. The van der Waals surface area contributed by atoms with Gasteiger partial charge >= 0.3 is 0 Å². The van der Waals surface area contributed by atoms with Crippen LogP contribution < -0.4 is 16.8 Å². The molecule has 0 atom stereocenters. The summed E-state index contributed by atoms with van der Waals surface area (Å²) in [6, 6.07) is 8.75. The van der Waals surface area contributed by atoms with E-state index in [1.165, 1.54) is 11.1 Å². The highest BCUT2D eigenvalue weighted by Crippen LogP contribution is 2.14. The minimum absolute atomic E-state index is 0.166. The summed E-state index contributed by atoms with van der Waals surface area (Å²) < 4.78 is 0. The van der Waals surface area contributed by atoms with Crippen molar-refractivity contribution in [2.75, 3.05) is 13.1 Å². The summed E-state index contributed by atoms with van der Waals surface area (Å²) >= 11 is 0. The number of rotatable bonds is 7. The highest BCUT2D eigenvalue weighted by Gasteiger charge is 1.98. The monoisotopic (exact) mass is 248 g/mol. The number of benzene rings is 1. The Morgan fingerprint density at radius 1 is 1.22 bits per heavy atom. The van der Waals surface area contributed by atoms with E-state index in [1.54, 1.807) is 0 Å². The third-order valence-electron chi connectivity index (χ3n) is 2.78. The molecule has 0 aliphatic heterocycles. The van der Waals surface area contributed by atoms with Crippen molar-refractivity contribution in [3.05, 3.63) is 35.4 Å². The number of guanidine groups is 1. The third-order valence-corrected chi connectivity index (χ3v) is 2.78. The quantitative estimate of drug-likeness (QED) is 0.389. The van der Waals surface area contributed by atoms with Gasteiger partial charge in [0.1, 0.15) is 0 Å². The van der Waals surface area contributed by atoms with Crippen LogP contribution in [-0.2, 0) is 6.54 Å². The maximum absolute atomic E-state index is 5.24. The van der Waals surface area contributed by atoms with E-state index in [0.29, 0.717) is 12.5 Å². The van der Waals surface area contributed by atoms with Crippen LogP contribution in [0.15, 0.2) is 29.3 Å². The fourth-order valence-corrected chi connectivity index (χ4v) is 1.67. The smallest absolute Gasteiger partial charge is 0.185 e. The van der Waals surface area contributed by atoms with Crippen molar-refractivity contribution in [3.8, 4) is 0 Å². The summed E-state index contributed by atoms with van der Waals surface area (Å²) in [6.45, 7) is 6.90. The molecule has 0 saturated carbocycles. The van der Waals surface area contributed by atoms with Crippen LogP contribution in [0.2, 0.25) is 0 Å². The lowest BCUT2D eigenvalue weighted by Gasteiger charge is -2.07. The van der Waals surface area contributed by atoms with Crippen molar-refractivity contribution in [2.45, 2.75) is 32.7 Å². The molecule has 1 aromatic carbocycles. The van der Waals surface area contributed by atoms with Crippen molar-refractivity contribution in [2.24, 2.45) is 16.5 Å². The molecule has 0 radical (unpaired) electrons. The van der Waals surface area contributed by atoms with Crippen LogP contribution in [0.4, 0.5) is 0 Å². The SMILES string of the molecule is CC(C)c1ccc(CNCCCN=C(N)N)cc1. The van der Waals surface area contributed by atoms with Gasteiger partial charge in [0.05, 0.1) is 0 Å². The van der Waals surface area contributed by atoms with Crippen LogP contribution in [0, 0.1) is 0 Å². The highest BCUT2D eigenvalue weighted by molar-refractivity contribution is 5.75. The molecule has 0 saturated heterocycles. The van der Waals surface area contributed by atoms with Crippen LogP contribution in [-0.4, -0.2) is 19.0 Å². The van der Waals surface area contributed by atoms with Gasteiger partial charge in [-0.15, -0.1) is 0 Å². The molecule has 0 bridgehead atoms. The summed E-state index contributed by atoms with van der Waals surface area (Å²) in [7, 11) is 0. The van der Waals surface area contributed by atoms with Gasteiger partial charge in [-0.3, -0.25) is 4.99 Å². The molecular weight excluding hydrogens is 224 g/mol. The van der Waals surface area contributed by atoms with E-state index >= 15 is 0 Å². The van der Waals surface area contributed by atoms with Gasteiger partial charge in [-0.25, -0.2) is 0 Å².